The zero-order chi connectivity index (χ0) is 16.4. The van der Waals surface area contributed by atoms with Crippen molar-refractivity contribution < 1.29 is 8.42 Å². The Balaban J connectivity index is 1.74. The van der Waals surface area contributed by atoms with E-state index in [9.17, 15) is 8.42 Å². The number of para-hydroxylation sites is 1. The van der Waals surface area contributed by atoms with E-state index < -0.39 is 10.0 Å². The molecule has 0 bridgehead atoms. The Morgan fingerprint density at radius 2 is 1.87 bits per heavy atom. The number of rotatable bonds is 5. The number of piperidine rings is 1. The number of benzene rings is 1. The minimum atomic E-state index is -3.06. The summed E-state index contributed by atoms with van der Waals surface area (Å²) in [6.07, 6.45) is 5.73. The van der Waals surface area contributed by atoms with Gasteiger partial charge in [-0.25, -0.2) is 12.7 Å². The van der Waals surface area contributed by atoms with Gasteiger partial charge in [-0.1, -0.05) is 31.5 Å². The van der Waals surface area contributed by atoms with Crippen molar-refractivity contribution in [2.24, 2.45) is 7.05 Å². The van der Waals surface area contributed by atoms with Crippen molar-refractivity contribution in [3.05, 3.63) is 36.0 Å². The summed E-state index contributed by atoms with van der Waals surface area (Å²) in [6, 6.07) is 8.46. The van der Waals surface area contributed by atoms with E-state index in [1.54, 1.807) is 4.31 Å². The smallest absolute Gasteiger partial charge is 0.214 e. The Morgan fingerprint density at radius 3 is 2.57 bits per heavy atom. The van der Waals surface area contributed by atoms with E-state index in [0.29, 0.717) is 24.8 Å². The lowest BCUT2D eigenvalue weighted by Crippen LogP contribution is -2.39. The molecule has 4 nitrogen and oxygen atoms in total. The molecular formula is C18H26N2O2S. The number of aryl methyl sites for hydroxylation is 1. The van der Waals surface area contributed by atoms with Gasteiger partial charge in [0.15, 0.2) is 0 Å². The normalized spacial score (nSPS) is 17.8. The molecule has 2 heterocycles. The predicted molar refractivity (Wildman–Crippen MR) is 95.2 cm³/mol. The van der Waals surface area contributed by atoms with Crippen LogP contribution in [0.3, 0.4) is 0 Å². The molecule has 0 saturated carbocycles. The molecule has 5 heteroatoms. The van der Waals surface area contributed by atoms with Crippen LogP contribution in [0.2, 0.25) is 0 Å². The molecule has 0 spiro atoms. The largest absolute Gasteiger partial charge is 0.350 e. The molecule has 126 valence electrons. The Morgan fingerprint density at radius 1 is 1.17 bits per heavy atom. The predicted octanol–water partition coefficient (Wildman–Crippen LogP) is 3.49. The molecule has 1 saturated heterocycles. The lowest BCUT2D eigenvalue weighted by atomic mass is 9.90. The summed E-state index contributed by atoms with van der Waals surface area (Å²) in [5.41, 5.74) is 2.62. The number of hydrogen-bond acceptors (Lipinski definition) is 2. The van der Waals surface area contributed by atoms with Crippen molar-refractivity contribution in [2.75, 3.05) is 18.8 Å². The summed E-state index contributed by atoms with van der Waals surface area (Å²) in [5, 5.41) is 1.31. The van der Waals surface area contributed by atoms with Crippen molar-refractivity contribution in [3.63, 3.8) is 0 Å². The van der Waals surface area contributed by atoms with Gasteiger partial charge in [0.2, 0.25) is 10.0 Å². The molecule has 3 rings (SSSR count). The summed E-state index contributed by atoms with van der Waals surface area (Å²) >= 11 is 0. The monoisotopic (exact) mass is 334 g/mol. The number of sulfonamides is 1. The fourth-order valence-electron chi connectivity index (χ4n) is 3.60. The van der Waals surface area contributed by atoms with Crippen LogP contribution >= 0.6 is 0 Å². The highest BCUT2D eigenvalue weighted by Crippen LogP contribution is 2.34. The second-order valence-corrected chi connectivity index (χ2v) is 8.64. The quantitative estimate of drug-likeness (QED) is 0.840. The SMILES string of the molecule is CCCCS(=O)(=O)N1CCC(c2cn(C)c3ccccc23)CC1. The Hall–Kier alpha value is -1.33. The molecule has 0 amide bonds. The molecular weight excluding hydrogens is 308 g/mol. The summed E-state index contributed by atoms with van der Waals surface area (Å²) in [7, 11) is -0.981. The second-order valence-electron chi connectivity index (χ2n) is 6.56. The number of fused-ring (bicyclic) bond motifs is 1. The van der Waals surface area contributed by atoms with E-state index in [4.69, 9.17) is 0 Å². The van der Waals surface area contributed by atoms with E-state index in [1.807, 2.05) is 6.92 Å². The molecule has 1 aromatic carbocycles. The average molecular weight is 334 g/mol. The minimum Gasteiger partial charge on any atom is -0.350 e. The zero-order valence-corrected chi connectivity index (χ0v) is 14.8. The lowest BCUT2D eigenvalue weighted by Gasteiger charge is -2.31. The van der Waals surface area contributed by atoms with Crippen molar-refractivity contribution in [1.82, 2.24) is 8.87 Å². The maximum atomic E-state index is 12.3. The molecule has 1 aliphatic heterocycles. The first-order valence-corrected chi connectivity index (χ1v) is 10.2. The van der Waals surface area contributed by atoms with Gasteiger partial charge in [-0.15, -0.1) is 0 Å². The van der Waals surface area contributed by atoms with Gasteiger partial charge in [-0.05, 0) is 36.8 Å². The first kappa shape index (κ1) is 16.5. The van der Waals surface area contributed by atoms with Crippen LogP contribution < -0.4 is 0 Å². The molecule has 1 aliphatic rings. The highest BCUT2D eigenvalue weighted by Gasteiger charge is 2.29. The molecule has 0 N–H and O–H groups in total. The standard InChI is InChI=1S/C18H26N2O2S/c1-3-4-13-23(21,22)20-11-9-15(10-12-20)17-14-19(2)18-8-6-5-7-16(17)18/h5-8,14-15H,3-4,9-13H2,1-2H3. The third-order valence-corrected chi connectivity index (χ3v) is 6.93. The number of unbranched alkanes of at least 4 members (excludes halogenated alkanes) is 1. The van der Waals surface area contributed by atoms with E-state index in [2.05, 4.69) is 42.1 Å². The van der Waals surface area contributed by atoms with E-state index in [0.717, 1.165) is 25.7 Å². The molecule has 0 aliphatic carbocycles. The first-order chi connectivity index (χ1) is 11.0. The third kappa shape index (κ3) is 3.31. The van der Waals surface area contributed by atoms with Crippen LogP contribution in [0.1, 0.15) is 44.1 Å². The highest BCUT2D eigenvalue weighted by atomic mass is 32.2. The summed E-state index contributed by atoms with van der Waals surface area (Å²) in [5.74, 6) is 0.751. The van der Waals surface area contributed by atoms with Crippen LogP contribution in [-0.2, 0) is 17.1 Å². The Bertz CT molecular complexity index is 771. The molecule has 2 aromatic rings. The van der Waals surface area contributed by atoms with Crippen LogP contribution in [0.5, 0.6) is 0 Å². The molecule has 0 radical (unpaired) electrons. The molecule has 23 heavy (non-hydrogen) atoms. The molecule has 1 fully saturated rings. The van der Waals surface area contributed by atoms with E-state index >= 15 is 0 Å². The molecule has 0 atom stereocenters. The van der Waals surface area contributed by atoms with E-state index in [1.165, 1.54) is 16.5 Å². The fourth-order valence-corrected chi connectivity index (χ4v) is 5.28. The Kier molecular flexibility index (Phi) is 4.78. The zero-order valence-electron chi connectivity index (χ0n) is 14.0. The topological polar surface area (TPSA) is 42.3 Å². The highest BCUT2D eigenvalue weighted by molar-refractivity contribution is 7.89. The van der Waals surface area contributed by atoms with Gasteiger partial charge >= 0.3 is 0 Å². The Labute approximate surface area is 139 Å². The number of aromatic nitrogens is 1. The van der Waals surface area contributed by atoms with Gasteiger partial charge in [0, 0.05) is 37.2 Å². The molecule has 0 unspecified atom stereocenters. The minimum absolute atomic E-state index is 0.294. The number of hydrogen-bond donors (Lipinski definition) is 0. The summed E-state index contributed by atoms with van der Waals surface area (Å²) in [6.45, 7) is 3.34. The van der Waals surface area contributed by atoms with Crippen LogP contribution in [-0.4, -0.2) is 36.1 Å². The van der Waals surface area contributed by atoms with Crippen LogP contribution in [0.4, 0.5) is 0 Å². The fraction of sp³-hybridized carbons (Fsp3) is 0.556. The van der Waals surface area contributed by atoms with Gasteiger partial charge in [0.1, 0.15) is 0 Å². The second kappa shape index (κ2) is 6.65. The first-order valence-electron chi connectivity index (χ1n) is 8.54. The van der Waals surface area contributed by atoms with Gasteiger partial charge in [-0.3, -0.25) is 0 Å². The van der Waals surface area contributed by atoms with Gasteiger partial charge < -0.3 is 4.57 Å². The summed E-state index contributed by atoms with van der Waals surface area (Å²) < 4.78 is 28.5. The van der Waals surface area contributed by atoms with Gasteiger partial charge in [-0.2, -0.15) is 0 Å². The summed E-state index contributed by atoms with van der Waals surface area (Å²) in [4.78, 5) is 0. The maximum absolute atomic E-state index is 12.3. The van der Waals surface area contributed by atoms with Crippen LogP contribution in [0, 0.1) is 0 Å². The van der Waals surface area contributed by atoms with Gasteiger partial charge in [0.05, 0.1) is 5.75 Å². The van der Waals surface area contributed by atoms with Gasteiger partial charge in [0.25, 0.3) is 0 Å². The van der Waals surface area contributed by atoms with Crippen molar-refractivity contribution in [2.45, 2.75) is 38.5 Å². The van der Waals surface area contributed by atoms with Crippen molar-refractivity contribution in [3.8, 4) is 0 Å². The van der Waals surface area contributed by atoms with Crippen molar-refractivity contribution >= 4 is 20.9 Å². The average Bonchev–Trinajstić information content (AvgIpc) is 2.91. The maximum Gasteiger partial charge on any atom is 0.214 e. The lowest BCUT2D eigenvalue weighted by molar-refractivity contribution is 0.320. The van der Waals surface area contributed by atoms with E-state index in [-0.39, 0.29) is 0 Å². The third-order valence-electron chi connectivity index (χ3n) is 4.97. The van der Waals surface area contributed by atoms with Crippen LogP contribution in [0.15, 0.2) is 30.5 Å². The molecule has 1 aromatic heterocycles. The van der Waals surface area contributed by atoms with Crippen LogP contribution in [0.25, 0.3) is 10.9 Å². The van der Waals surface area contributed by atoms with Crippen molar-refractivity contribution in [1.29, 1.82) is 0 Å². The number of nitrogens with zero attached hydrogens (tertiary/aromatic N) is 2.